The van der Waals surface area contributed by atoms with E-state index in [2.05, 4.69) is 26.6 Å². The third-order valence-corrected chi connectivity index (χ3v) is 5.82. The van der Waals surface area contributed by atoms with E-state index < -0.39 is 24.0 Å². The van der Waals surface area contributed by atoms with Gasteiger partial charge in [-0.1, -0.05) is 30.3 Å². The number of hydrogen-bond donors (Lipinski definition) is 2. The predicted octanol–water partition coefficient (Wildman–Crippen LogP) is 4.25. The summed E-state index contributed by atoms with van der Waals surface area (Å²) in [4.78, 5) is 36.5. The van der Waals surface area contributed by atoms with Gasteiger partial charge in [0.2, 0.25) is 5.91 Å². The van der Waals surface area contributed by atoms with Crippen LogP contribution in [-0.4, -0.2) is 30.6 Å². The fraction of sp³-hybridized carbons (Fsp3) is 0.316. The van der Waals surface area contributed by atoms with E-state index in [4.69, 9.17) is 9.47 Å². The summed E-state index contributed by atoms with van der Waals surface area (Å²) in [5.74, 6) is -0.990. The molecule has 2 N–H and O–H groups in total. The zero-order valence-electron chi connectivity index (χ0n) is 15.7. The molecule has 9 heteroatoms. The van der Waals surface area contributed by atoms with Crippen LogP contribution in [-0.2, 0) is 20.9 Å². The number of benzene rings is 1. The second kappa shape index (κ2) is 10.2. The molecule has 0 aliphatic heterocycles. The Balaban J connectivity index is 1.96. The van der Waals surface area contributed by atoms with Gasteiger partial charge in [-0.05, 0) is 47.8 Å². The van der Waals surface area contributed by atoms with Crippen molar-refractivity contribution in [2.45, 2.75) is 33.4 Å². The number of rotatable bonds is 7. The number of ether oxygens (including phenoxy) is 2. The van der Waals surface area contributed by atoms with Crippen LogP contribution in [0.3, 0.4) is 0 Å². The minimum absolute atomic E-state index is 0.102. The highest BCUT2D eigenvalue weighted by atomic mass is 79.9. The summed E-state index contributed by atoms with van der Waals surface area (Å²) in [5, 5.41) is 5.50. The Kier molecular flexibility index (Phi) is 8.01. The van der Waals surface area contributed by atoms with Crippen molar-refractivity contribution < 1.29 is 23.9 Å². The Labute approximate surface area is 175 Å². The van der Waals surface area contributed by atoms with Crippen LogP contribution in [0.2, 0.25) is 0 Å². The SMILES string of the molecule is CCOC(=O)c1c(NC(=O)[C@H](C)NC(=O)OCc2ccccc2)sc(Br)c1C. The van der Waals surface area contributed by atoms with Gasteiger partial charge in [-0.3, -0.25) is 4.79 Å². The maximum Gasteiger partial charge on any atom is 0.408 e. The molecule has 0 radical (unpaired) electrons. The lowest BCUT2D eigenvalue weighted by Crippen LogP contribution is -2.41. The van der Waals surface area contributed by atoms with Crippen LogP contribution in [0.5, 0.6) is 0 Å². The number of anilines is 1. The summed E-state index contributed by atoms with van der Waals surface area (Å²) in [6.07, 6.45) is -0.708. The van der Waals surface area contributed by atoms with Crippen molar-refractivity contribution in [1.29, 1.82) is 0 Å². The number of esters is 1. The molecule has 0 saturated carbocycles. The minimum Gasteiger partial charge on any atom is -0.462 e. The first kappa shape index (κ1) is 21.9. The molecule has 2 rings (SSSR count). The van der Waals surface area contributed by atoms with Crippen LogP contribution in [0.15, 0.2) is 34.1 Å². The van der Waals surface area contributed by atoms with Crippen molar-refractivity contribution in [1.82, 2.24) is 5.32 Å². The summed E-state index contributed by atoms with van der Waals surface area (Å²) >= 11 is 4.57. The summed E-state index contributed by atoms with van der Waals surface area (Å²) < 4.78 is 10.9. The van der Waals surface area contributed by atoms with Gasteiger partial charge in [0.15, 0.2) is 0 Å². The van der Waals surface area contributed by atoms with Crippen LogP contribution < -0.4 is 10.6 Å². The first-order valence-corrected chi connectivity index (χ1v) is 10.2. The fourth-order valence-corrected chi connectivity index (χ4v) is 3.86. The normalized spacial score (nSPS) is 11.4. The average molecular weight is 469 g/mol. The minimum atomic E-state index is -0.862. The van der Waals surface area contributed by atoms with Crippen LogP contribution >= 0.6 is 27.3 Å². The maximum absolute atomic E-state index is 12.4. The quantitative estimate of drug-likeness (QED) is 0.592. The molecule has 7 nitrogen and oxygen atoms in total. The molecule has 2 aromatic rings. The van der Waals surface area contributed by atoms with E-state index in [1.165, 1.54) is 18.3 Å². The Hall–Kier alpha value is -2.39. The zero-order chi connectivity index (χ0) is 20.7. The number of halogens is 1. The lowest BCUT2D eigenvalue weighted by Gasteiger charge is -2.14. The Morgan fingerprint density at radius 3 is 2.50 bits per heavy atom. The third kappa shape index (κ3) is 5.80. The number of carbonyl (C=O) groups excluding carboxylic acids is 3. The molecule has 0 aliphatic carbocycles. The molecule has 1 heterocycles. The topological polar surface area (TPSA) is 93.7 Å². The summed E-state index contributed by atoms with van der Waals surface area (Å²) in [7, 11) is 0. The van der Waals surface area contributed by atoms with Crippen LogP contribution in [0.1, 0.15) is 35.3 Å². The number of hydrogen-bond acceptors (Lipinski definition) is 6. The molecule has 150 valence electrons. The van der Waals surface area contributed by atoms with E-state index >= 15 is 0 Å². The van der Waals surface area contributed by atoms with Crippen molar-refractivity contribution in [3.63, 3.8) is 0 Å². The number of amides is 2. The molecule has 0 bridgehead atoms. The van der Waals surface area contributed by atoms with Gasteiger partial charge in [-0.15, -0.1) is 11.3 Å². The van der Waals surface area contributed by atoms with Gasteiger partial charge in [-0.25, -0.2) is 9.59 Å². The van der Waals surface area contributed by atoms with E-state index in [0.717, 1.165) is 5.56 Å². The lowest BCUT2D eigenvalue weighted by molar-refractivity contribution is -0.117. The van der Waals surface area contributed by atoms with Crippen LogP contribution in [0.4, 0.5) is 9.80 Å². The standard InChI is InChI=1S/C19H21BrN2O5S/c1-4-26-18(24)14-11(2)15(20)28-17(14)22-16(23)12(3)21-19(25)27-10-13-8-6-5-7-9-13/h5-9,12H,4,10H2,1-3H3,(H,21,25)(H,22,23)/t12-/m0/s1. The molecule has 28 heavy (non-hydrogen) atoms. The molecule has 0 unspecified atom stereocenters. The molecule has 1 aromatic carbocycles. The van der Waals surface area contributed by atoms with Gasteiger partial charge in [0, 0.05) is 0 Å². The molecule has 1 aromatic heterocycles. The van der Waals surface area contributed by atoms with Crippen molar-refractivity contribution >= 4 is 50.2 Å². The Bertz CT molecular complexity index is 854. The average Bonchev–Trinajstić information content (AvgIpc) is 2.94. The van der Waals surface area contributed by atoms with E-state index in [-0.39, 0.29) is 13.2 Å². The molecule has 1 atom stereocenters. The Morgan fingerprint density at radius 1 is 1.18 bits per heavy atom. The number of alkyl carbamates (subject to hydrolysis) is 1. The molecule has 0 spiro atoms. The molecule has 0 fully saturated rings. The second-order valence-corrected chi connectivity index (χ2v) is 8.18. The number of thiophene rings is 1. The summed E-state index contributed by atoms with van der Waals surface area (Å²) in [6, 6.07) is 8.35. The third-order valence-electron chi connectivity index (χ3n) is 3.75. The van der Waals surface area contributed by atoms with Gasteiger partial charge < -0.3 is 20.1 Å². The zero-order valence-corrected chi connectivity index (χ0v) is 18.1. The van der Waals surface area contributed by atoms with Crippen LogP contribution in [0.25, 0.3) is 0 Å². The molecular weight excluding hydrogens is 448 g/mol. The molecule has 0 saturated heterocycles. The van der Waals surface area contributed by atoms with Gasteiger partial charge in [-0.2, -0.15) is 0 Å². The smallest absolute Gasteiger partial charge is 0.408 e. The van der Waals surface area contributed by atoms with Gasteiger partial charge >= 0.3 is 12.1 Å². The lowest BCUT2D eigenvalue weighted by atomic mass is 10.2. The van der Waals surface area contributed by atoms with E-state index in [1.54, 1.807) is 13.8 Å². The first-order valence-electron chi connectivity index (χ1n) is 8.57. The largest absolute Gasteiger partial charge is 0.462 e. The van der Waals surface area contributed by atoms with Gasteiger partial charge in [0.1, 0.15) is 17.6 Å². The van der Waals surface area contributed by atoms with Gasteiger partial charge in [0.05, 0.1) is 16.0 Å². The molecule has 2 amide bonds. The highest BCUT2D eigenvalue weighted by Gasteiger charge is 2.25. The predicted molar refractivity (Wildman–Crippen MR) is 111 cm³/mol. The maximum atomic E-state index is 12.4. The van der Waals surface area contributed by atoms with E-state index in [1.807, 2.05) is 30.3 Å². The number of nitrogens with one attached hydrogen (secondary N) is 2. The van der Waals surface area contributed by atoms with Crippen molar-refractivity contribution in [3.05, 3.63) is 50.8 Å². The first-order chi connectivity index (χ1) is 13.3. The van der Waals surface area contributed by atoms with Gasteiger partial charge in [0.25, 0.3) is 0 Å². The second-order valence-electron chi connectivity index (χ2n) is 5.84. The molecular formula is C19H21BrN2O5S. The Morgan fingerprint density at radius 2 is 1.86 bits per heavy atom. The van der Waals surface area contributed by atoms with Crippen LogP contribution in [0, 0.1) is 6.92 Å². The monoisotopic (exact) mass is 468 g/mol. The van der Waals surface area contributed by atoms with Crippen molar-refractivity contribution in [2.24, 2.45) is 0 Å². The fourth-order valence-electron chi connectivity index (χ4n) is 2.25. The van der Waals surface area contributed by atoms with Crippen molar-refractivity contribution in [3.8, 4) is 0 Å². The highest BCUT2D eigenvalue weighted by Crippen LogP contribution is 2.37. The summed E-state index contributed by atoms with van der Waals surface area (Å²) in [5.41, 5.74) is 1.82. The molecule has 0 aliphatic rings. The van der Waals surface area contributed by atoms with E-state index in [0.29, 0.717) is 19.9 Å². The highest BCUT2D eigenvalue weighted by molar-refractivity contribution is 9.11. The summed E-state index contributed by atoms with van der Waals surface area (Å²) in [6.45, 7) is 5.32. The van der Waals surface area contributed by atoms with E-state index in [9.17, 15) is 14.4 Å². The van der Waals surface area contributed by atoms with Crippen molar-refractivity contribution in [2.75, 3.05) is 11.9 Å². The number of carbonyl (C=O) groups is 3.